The molecule has 13 nitrogen and oxygen atoms in total. The molecule has 2 aromatic carbocycles. The maximum atomic E-state index is 13.7. The molecule has 5 atom stereocenters. The number of hydrogen-bond acceptors (Lipinski definition) is 13. The number of aliphatic hydroxyl groups is 3. The van der Waals surface area contributed by atoms with Crippen LogP contribution in [0.3, 0.4) is 0 Å². The summed E-state index contributed by atoms with van der Waals surface area (Å²) in [5, 5.41) is 60.4. The summed E-state index contributed by atoms with van der Waals surface area (Å²) in [7, 11) is 1.23. The van der Waals surface area contributed by atoms with E-state index in [1.807, 2.05) is 0 Å². The number of methoxy groups -OCH3 is 1. The molecule has 1 fully saturated rings. The summed E-state index contributed by atoms with van der Waals surface area (Å²) in [5.41, 5.74) is -1.44. The zero-order valence-electron chi connectivity index (χ0n) is 19.7. The smallest absolute Gasteiger partial charge is 0.308 e. The summed E-state index contributed by atoms with van der Waals surface area (Å²) in [6, 6.07) is 4.42. The van der Waals surface area contributed by atoms with Crippen molar-refractivity contribution in [2.45, 2.75) is 44.6 Å². The van der Waals surface area contributed by atoms with E-state index in [-0.39, 0.29) is 17.1 Å². The lowest BCUT2D eigenvalue weighted by molar-refractivity contribution is -0.268. The first-order valence-electron chi connectivity index (χ1n) is 10.9. The Bertz CT molecular complexity index is 1410. The summed E-state index contributed by atoms with van der Waals surface area (Å²) in [5.74, 6) is -3.99. The molecule has 198 valence electrons. The van der Waals surface area contributed by atoms with Crippen LogP contribution in [-0.4, -0.2) is 74.4 Å². The molecule has 2 heterocycles. The Morgan fingerprint density at radius 2 is 1.65 bits per heavy atom. The highest BCUT2D eigenvalue weighted by molar-refractivity contribution is 5.94. The average molecular weight is 520 g/mol. The summed E-state index contributed by atoms with van der Waals surface area (Å²) >= 11 is 0. The van der Waals surface area contributed by atoms with E-state index in [1.54, 1.807) is 0 Å². The van der Waals surface area contributed by atoms with Crippen molar-refractivity contribution in [1.29, 1.82) is 0 Å². The first kappa shape index (κ1) is 26.0. The van der Waals surface area contributed by atoms with Crippen molar-refractivity contribution in [3.05, 3.63) is 34.5 Å². The molecular formula is C24H24O13. The van der Waals surface area contributed by atoms with Gasteiger partial charge in [0.05, 0.1) is 13.2 Å². The van der Waals surface area contributed by atoms with E-state index in [2.05, 4.69) is 0 Å². The fourth-order valence-electron chi connectivity index (χ4n) is 3.87. The number of esters is 1. The SMILES string of the molecule is COc1cc(O)c2c(=O)c(O[C@@H]3O[C@@H](C)[C@H](O)[C@@H](O)[C@@H]3O)c(-c3ccc(O)c(O)c3)oc2c1OC(C)=O. The highest BCUT2D eigenvalue weighted by Crippen LogP contribution is 2.44. The number of phenols is 3. The van der Waals surface area contributed by atoms with Crippen molar-refractivity contribution in [2.24, 2.45) is 0 Å². The second-order valence-corrected chi connectivity index (χ2v) is 8.32. The van der Waals surface area contributed by atoms with Crippen LogP contribution >= 0.6 is 0 Å². The van der Waals surface area contributed by atoms with Gasteiger partial charge >= 0.3 is 5.97 Å². The maximum Gasteiger partial charge on any atom is 0.308 e. The predicted octanol–water partition coefficient (Wildman–Crippen LogP) is 0.717. The molecular weight excluding hydrogens is 496 g/mol. The number of aliphatic hydroxyl groups excluding tert-OH is 3. The van der Waals surface area contributed by atoms with Crippen molar-refractivity contribution < 1.29 is 58.8 Å². The van der Waals surface area contributed by atoms with Crippen molar-refractivity contribution >= 4 is 16.9 Å². The van der Waals surface area contributed by atoms with E-state index >= 15 is 0 Å². The molecule has 4 rings (SSSR count). The van der Waals surface area contributed by atoms with Crippen LogP contribution in [0, 0.1) is 0 Å². The second kappa shape index (κ2) is 9.78. The van der Waals surface area contributed by atoms with Crippen molar-refractivity contribution in [1.82, 2.24) is 0 Å². The van der Waals surface area contributed by atoms with Crippen LogP contribution in [0.5, 0.6) is 34.5 Å². The van der Waals surface area contributed by atoms with Gasteiger partial charge in [-0.25, -0.2) is 0 Å². The topological polar surface area (TPSA) is 206 Å². The number of rotatable bonds is 5. The van der Waals surface area contributed by atoms with Crippen LogP contribution in [0.2, 0.25) is 0 Å². The molecule has 1 aromatic heterocycles. The van der Waals surface area contributed by atoms with E-state index in [1.165, 1.54) is 20.1 Å². The van der Waals surface area contributed by atoms with E-state index in [0.717, 1.165) is 25.1 Å². The molecule has 0 unspecified atom stereocenters. The fraction of sp³-hybridized carbons (Fsp3) is 0.333. The van der Waals surface area contributed by atoms with Gasteiger partial charge in [0, 0.05) is 18.6 Å². The number of hydrogen-bond donors (Lipinski definition) is 6. The van der Waals surface area contributed by atoms with Crippen molar-refractivity contribution in [3.63, 3.8) is 0 Å². The molecule has 0 aliphatic carbocycles. The second-order valence-electron chi connectivity index (χ2n) is 8.32. The van der Waals surface area contributed by atoms with E-state index in [4.69, 9.17) is 23.4 Å². The van der Waals surface area contributed by atoms with Crippen molar-refractivity contribution in [3.8, 4) is 45.8 Å². The molecule has 0 saturated carbocycles. The fourth-order valence-corrected chi connectivity index (χ4v) is 3.87. The minimum absolute atomic E-state index is 0.0145. The van der Waals surface area contributed by atoms with E-state index < -0.39 is 81.8 Å². The monoisotopic (exact) mass is 520 g/mol. The number of aromatic hydroxyl groups is 3. The molecule has 0 radical (unpaired) electrons. The first-order valence-corrected chi connectivity index (χ1v) is 10.9. The minimum atomic E-state index is -1.80. The molecule has 6 N–H and O–H groups in total. The Morgan fingerprint density at radius 3 is 2.27 bits per heavy atom. The van der Waals surface area contributed by atoms with Gasteiger partial charge in [-0.2, -0.15) is 0 Å². The predicted molar refractivity (Wildman–Crippen MR) is 124 cm³/mol. The standard InChI is InChI=1S/C24H24O13/c1-8-16(29)18(31)19(32)24(34-8)37-23-17(30)15-13(28)7-14(33-3)21(35-9(2)25)22(15)36-20(23)10-4-5-11(26)12(27)6-10/h4-8,16,18-19,24,26-29,31-32H,1-3H3/t8-,16-,18+,19-,24-/m0/s1. The van der Waals surface area contributed by atoms with Gasteiger partial charge in [0.1, 0.15) is 29.4 Å². The third-order valence-electron chi connectivity index (χ3n) is 5.77. The lowest BCUT2D eigenvalue weighted by Crippen LogP contribution is -2.58. The molecule has 1 saturated heterocycles. The van der Waals surface area contributed by atoms with Crippen LogP contribution in [-0.2, 0) is 9.53 Å². The van der Waals surface area contributed by atoms with E-state index in [0.29, 0.717) is 0 Å². The molecule has 37 heavy (non-hydrogen) atoms. The Hall–Kier alpha value is -4.04. The van der Waals surface area contributed by atoms with Gasteiger partial charge in [0.15, 0.2) is 28.6 Å². The summed E-state index contributed by atoms with van der Waals surface area (Å²) in [6.45, 7) is 2.50. The van der Waals surface area contributed by atoms with Crippen LogP contribution < -0.4 is 19.6 Å². The quantitative estimate of drug-likeness (QED) is 0.156. The number of carbonyl (C=O) groups is 1. The summed E-state index contributed by atoms with van der Waals surface area (Å²) < 4.78 is 27.3. The molecule has 0 amide bonds. The van der Waals surface area contributed by atoms with Gasteiger partial charge < -0.3 is 54.0 Å². The van der Waals surface area contributed by atoms with Crippen molar-refractivity contribution in [2.75, 3.05) is 7.11 Å². The van der Waals surface area contributed by atoms with Crippen LogP contribution in [0.25, 0.3) is 22.3 Å². The molecule has 3 aromatic rings. The lowest BCUT2D eigenvalue weighted by atomic mass is 10.00. The van der Waals surface area contributed by atoms with Crippen LogP contribution in [0.1, 0.15) is 13.8 Å². The number of ether oxygens (including phenoxy) is 4. The Kier molecular flexibility index (Phi) is 6.88. The van der Waals surface area contributed by atoms with Crippen LogP contribution in [0.4, 0.5) is 0 Å². The summed E-state index contributed by atoms with van der Waals surface area (Å²) in [6.07, 6.45) is -7.62. The summed E-state index contributed by atoms with van der Waals surface area (Å²) in [4.78, 5) is 25.4. The number of benzene rings is 2. The lowest BCUT2D eigenvalue weighted by Gasteiger charge is -2.38. The number of carbonyl (C=O) groups excluding carboxylic acids is 1. The third kappa shape index (κ3) is 4.60. The average Bonchev–Trinajstić information content (AvgIpc) is 2.85. The Labute approximate surface area is 208 Å². The molecule has 13 heteroatoms. The largest absolute Gasteiger partial charge is 0.507 e. The molecule has 1 aliphatic heterocycles. The van der Waals surface area contributed by atoms with Gasteiger partial charge in [-0.15, -0.1) is 0 Å². The normalized spacial score (nSPS) is 23.6. The van der Waals surface area contributed by atoms with Gasteiger partial charge in [0.25, 0.3) is 0 Å². The maximum absolute atomic E-state index is 13.7. The number of fused-ring (bicyclic) bond motifs is 1. The Morgan fingerprint density at radius 1 is 0.946 bits per heavy atom. The van der Waals surface area contributed by atoms with E-state index in [9.17, 15) is 40.2 Å². The van der Waals surface area contributed by atoms with Crippen LogP contribution in [0.15, 0.2) is 33.5 Å². The van der Waals surface area contributed by atoms with Gasteiger partial charge in [-0.05, 0) is 25.1 Å². The highest BCUT2D eigenvalue weighted by atomic mass is 16.7. The van der Waals surface area contributed by atoms with Gasteiger partial charge in [-0.3, -0.25) is 9.59 Å². The molecule has 0 bridgehead atoms. The first-order chi connectivity index (χ1) is 17.4. The minimum Gasteiger partial charge on any atom is -0.507 e. The van der Waals surface area contributed by atoms with Gasteiger partial charge in [-0.1, -0.05) is 0 Å². The zero-order valence-corrected chi connectivity index (χ0v) is 19.7. The number of phenolic OH excluding ortho intramolecular Hbond substituents is 3. The molecule has 1 aliphatic rings. The van der Waals surface area contributed by atoms with Gasteiger partial charge in [0.2, 0.25) is 23.2 Å². The zero-order chi connectivity index (χ0) is 27.2. The third-order valence-corrected chi connectivity index (χ3v) is 5.77. The molecule has 0 spiro atoms. The Balaban J connectivity index is 2.02. The highest BCUT2D eigenvalue weighted by Gasteiger charge is 2.44.